The Morgan fingerprint density at radius 2 is 1.18 bits per heavy atom. The van der Waals surface area contributed by atoms with Crippen molar-refractivity contribution in [1.82, 2.24) is 0 Å². The van der Waals surface area contributed by atoms with Crippen LogP contribution < -0.4 is 0 Å². The number of allylic oxidation sites excluding steroid dienone is 2. The van der Waals surface area contributed by atoms with Crippen LogP contribution in [0.4, 0.5) is 4.39 Å². The molecule has 1 aliphatic rings. The van der Waals surface area contributed by atoms with Crippen molar-refractivity contribution in [3.63, 3.8) is 0 Å². The maximum Gasteiger partial charge on any atom is 0.0785 e. The second kappa shape index (κ2) is 9.85. The third kappa shape index (κ3) is 4.67. The molecule has 0 saturated heterocycles. The molecule has 0 saturated carbocycles. The molecule has 1 heteroatoms. The summed E-state index contributed by atoms with van der Waals surface area (Å²) in [4.78, 5) is 0. The molecule has 144 valence electrons. The molecule has 0 fully saturated rings. The summed E-state index contributed by atoms with van der Waals surface area (Å²) in [7, 11) is 0.500. The summed E-state index contributed by atoms with van der Waals surface area (Å²) in [5.41, 5.74) is 12.0. The van der Waals surface area contributed by atoms with Gasteiger partial charge in [0.1, 0.15) is 0 Å². The lowest BCUT2D eigenvalue weighted by atomic mass is 9.99. The molecule has 28 heavy (non-hydrogen) atoms. The summed E-state index contributed by atoms with van der Waals surface area (Å²) in [5.74, 6) is 0. The maximum absolute atomic E-state index is 9.50. The zero-order valence-corrected chi connectivity index (χ0v) is 17.5. The summed E-state index contributed by atoms with van der Waals surface area (Å²) in [6.07, 6.45) is 3.98. The third-order valence-electron chi connectivity index (χ3n) is 4.70. The molecule has 0 aliphatic heterocycles. The molecule has 4 rings (SSSR count). The summed E-state index contributed by atoms with van der Waals surface area (Å²) in [5, 5.41) is 0. The number of hydrogen-bond acceptors (Lipinski definition) is 0. The Morgan fingerprint density at radius 1 is 0.679 bits per heavy atom. The van der Waals surface area contributed by atoms with E-state index in [1.807, 2.05) is 6.08 Å². The Labute approximate surface area is 169 Å². The van der Waals surface area contributed by atoms with E-state index in [2.05, 4.69) is 101 Å². The van der Waals surface area contributed by atoms with Gasteiger partial charge >= 0.3 is 0 Å². The van der Waals surface area contributed by atoms with Crippen LogP contribution in [-0.4, -0.2) is 7.18 Å². The van der Waals surface area contributed by atoms with Gasteiger partial charge in [-0.2, -0.15) is 0 Å². The maximum atomic E-state index is 9.50. The van der Waals surface area contributed by atoms with Gasteiger partial charge in [0, 0.05) is 0 Å². The predicted octanol–water partition coefficient (Wildman–Crippen LogP) is 7.79. The van der Waals surface area contributed by atoms with Crippen molar-refractivity contribution in [2.24, 2.45) is 0 Å². The Hall–Kier alpha value is -2.93. The van der Waals surface area contributed by atoms with Gasteiger partial charge in [-0.05, 0) is 61.1 Å². The monoisotopic (exact) mass is 372 g/mol. The van der Waals surface area contributed by atoms with Gasteiger partial charge in [-0.3, -0.25) is 4.39 Å². The standard InChI is InChI=1S/C17H14.C9H12.CH3F/c1-3-7-15-13-9-4-5-10-14(13)16-11-6-8-12(2)17(15)16;1-7-4-8(2)6-9(3)5-7;1-2/h3-11H,1H2,2H3;4-6H,1-3H3;1H3/b15-7-;;. The molecule has 3 aromatic carbocycles. The van der Waals surface area contributed by atoms with E-state index in [9.17, 15) is 4.39 Å². The van der Waals surface area contributed by atoms with Crippen molar-refractivity contribution >= 4 is 5.57 Å². The van der Waals surface area contributed by atoms with Crippen molar-refractivity contribution in [3.05, 3.63) is 113 Å². The van der Waals surface area contributed by atoms with Gasteiger partial charge in [-0.15, -0.1) is 0 Å². The second-order valence-corrected chi connectivity index (χ2v) is 7.02. The number of benzene rings is 3. The molecular weight excluding hydrogens is 343 g/mol. The third-order valence-corrected chi connectivity index (χ3v) is 4.70. The first kappa shape index (κ1) is 21.4. The fourth-order valence-electron chi connectivity index (χ4n) is 3.83. The average Bonchev–Trinajstić information content (AvgIpc) is 2.99. The smallest absolute Gasteiger partial charge is 0.0785 e. The Kier molecular flexibility index (Phi) is 7.52. The van der Waals surface area contributed by atoms with Crippen LogP contribution in [0.3, 0.4) is 0 Å². The summed E-state index contributed by atoms with van der Waals surface area (Å²) in [6.45, 7) is 12.4. The molecule has 0 nitrogen and oxygen atoms in total. The highest BCUT2D eigenvalue weighted by Crippen LogP contribution is 2.45. The molecule has 0 N–H and O–H groups in total. The molecule has 0 atom stereocenters. The lowest BCUT2D eigenvalue weighted by Gasteiger charge is -2.05. The number of aryl methyl sites for hydroxylation is 4. The highest BCUT2D eigenvalue weighted by atomic mass is 19.1. The molecule has 0 spiro atoms. The van der Waals surface area contributed by atoms with Gasteiger partial charge < -0.3 is 0 Å². The van der Waals surface area contributed by atoms with Crippen LogP contribution in [0.1, 0.15) is 33.4 Å². The van der Waals surface area contributed by atoms with Crippen molar-refractivity contribution in [2.45, 2.75) is 27.7 Å². The molecule has 3 aromatic rings. The second-order valence-electron chi connectivity index (χ2n) is 7.02. The van der Waals surface area contributed by atoms with Gasteiger partial charge in [0.15, 0.2) is 0 Å². The van der Waals surface area contributed by atoms with Gasteiger partial charge in [-0.25, -0.2) is 0 Å². The molecule has 0 unspecified atom stereocenters. The molecular formula is C27H29F. The molecule has 0 radical (unpaired) electrons. The van der Waals surface area contributed by atoms with Crippen LogP contribution >= 0.6 is 0 Å². The minimum absolute atomic E-state index is 0.500. The fraction of sp³-hybridized carbons (Fsp3) is 0.185. The Balaban J connectivity index is 0.000000216. The van der Waals surface area contributed by atoms with E-state index in [-0.39, 0.29) is 0 Å². The van der Waals surface area contributed by atoms with E-state index in [4.69, 9.17) is 0 Å². The molecule has 0 aromatic heterocycles. The summed E-state index contributed by atoms with van der Waals surface area (Å²) >= 11 is 0. The molecule has 1 aliphatic carbocycles. The van der Waals surface area contributed by atoms with Gasteiger partial charge in [0.05, 0.1) is 7.18 Å². The Morgan fingerprint density at radius 3 is 1.71 bits per heavy atom. The van der Waals surface area contributed by atoms with Gasteiger partial charge in [-0.1, -0.05) is 96.1 Å². The van der Waals surface area contributed by atoms with E-state index < -0.39 is 0 Å². The predicted molar refractivity (Wildman–Crippen MR) is 122 cm³/mol. The van der Waals surface area contributed by atoms with Gasteiger partial charge in [0.2, 0.25) is 0 Å². The van der Waals surface area contributed by atoms with Crippen molar-refractivity contribution in [2.75, 3.05) is 7.18 Å². The number of halogens is 1. The van der Waals surface area contributed by atoms with E-state index in [1.54, 1.807) is 0 Å². The van der Waals surface area contributed by atoms with Crippen molar-refractivity contribution < 1.29 is 4.39 Å². The van der Waals surface area contributed by atoms with Crippen molar-refractivity contribution in [3.8, 4) is 11.1 Å². The normalized spacial score (nSPS) is 12.1. The minimum Gasteiger partial charge on any atom is -0.255 e. The lowest BCUT2D eigenvalue weighted by molar-refractivity contribution is 0.636. The molecule has 0 amide bonds. The van der Waals surface area contributed by atoms with Crippen LogP contribution in [0.5, 0.6) is 0 Å². The van der Waals surface area contributed by atoms with Crippen LogP contribution in [0.15, 0.2) is 79.4 Å². The van der Waals surface area contributed by atoms with E-state index >= 15 is 0 Å². The number of alkyl halides is 1. The Bertz CT molecular complexity index is 942. The zero-order valence-electron chi connectivity index (χ0n) is 17.5. The fourth-order valence-corrected chi connectivity index (χ4v) is 3.83. The SMILES string of the molecule is C=C/C=C1/c2ccccc2-c2cccc(C)c21.CF.Cc1cc(C)cc(C)c1. The zero-order chi connectivity index (χ0) is 20.7. The highest BCUT2D eigenvalue weighted by molar-refractivity contribution is 6.02. The number of hydrogen-bond donors (Lipinski definition) is 0. The largest absolute Gasteiger partial charge is 0.255 e. The highest BCUT2D eigenvalue weighted by Gasteiger charge is 2.23. The van der Waals surface area contributed by atoms with Crippen LogP contribution in [0.25, 0.3) is 16.7 Å². The first-order chi connectivity index (χ1) is 13.5. The molecule has 0 bridgehead atoms. The van der Waals surface area contributed by atoms with Crippen LogP contribution in [-0.2, 0) is 0 Å². The first-order valence-electron chi connectivity index (χ1n) is 9.46. The summed E-state index contributed by atoms with van der Waals surface area (Å²) in [6, 6.07) is 21.6. The van der Waals surface area contributed by atoms with Gasteiger partial charge in [0.25, 0.3) is 0 Å². The number of rotatable bonds is 1. The van der Waals surface area contributed by atoms with Crippen LogP contribution in [0, 0.1) is 27.7 Å². The van der Waals surface area contributed by atoms with E-state index in [0.717, 1.165) is 0 Å². The summed E-state index contributed by atoms with van der Waals surface area (Å²) < 4.78 is 9.50. The number of fused-ring (bicyclic) bond motifs is 3. The van der Waals surface area contributed by atoms with E-state index in [1.165, 1.54) is 50.1 Å². The molecule has 0 heterocycles. The first-order valence-corrected chi connectivity index (χ1v) is 9.46. The average molecular weight is 373 g/mol. The van der Waals surface area contributed by atoms with E-state index in [0.29, 0.717) is 7.18 Å². The minimum atomic E-state index is 0.500. The lowest BCUT2D eigenvalue weighted by Crippen LogP contribution is -1.85. The topological polar surface area (TPSA) is 0 Å². The van der Waals surface area contributed by atoms with Crippen LogP contribution in [0.2, 0.25) is 0 Å². The van der Waals surface area contributed by atoms with Crippen molar-refractivity contribution in [1.29, 1.82) is 0 Å². The quantitative estimate of drug-likeness (QED) is 0.320.